The minimum absolute atomic E-state index is 0.267. The average Bonchev–Trinajstić information content (AvgIpc) is 2.07. The zero-order valence-electron chi connectivity index (χ0n) is 8.20. The van der Waals surface area contributed by atoms with Crippen LogP contribution in [0.2, 0.25) is 0 Å². The number of phenolic OH excluding ortho intramolecular Hbond substituents is 2. The van der Waals surface area contributed by atoms with Crippen molar-refractivity contribution in [2.45, 2.75) is 13.8 Å². The van der Waals surface area contributed by atoms with Crippen LogP contribution in [-0.2, 0) is 0 Å². The van der Waals surface area contributed by atoms with Gasteiger partial charge in [-0.2, -0.15) is 0 Å². The molecule has 0 saturated heterocycles. The number of fused-ring (bicyclic) bond motifs is 1. The Balaban J connectivity index is 2.94. The van der Waals surface area contributed by atoms with Gasteiger partial charge in [0.2, 0.25) is 0 Å². The van der Waals surface area contributed by atoms with E-state index >= 15 is 0 Å². The van der Waals surface area contributed by atoms with Crippen LogP contribution >= 0.6 is 0 Å². The number of hydrogen-bond acceptors (Lipinski definition) is 2. The van der Waals surface area contributed by atoms with Gasteiger partial charge in [0, 0.05) is 0 Å². The molecule has 2 N–H and O–H groups in total. The van der Waals surface area contributed by atoms with Crippen LogP contribution in [-0.4, -0.2) is 10.2 Å². The molecule has 0 bridgehead atoms. The van der Waals surface area contributed by atoms with Gasteiger partial charge in [-0.05, 0) is 60.0 Å². The van der Waals surface area contributed by atoms with Gasteiger partial charge in [-0.15, -0.1) is 0 Å². The van der Waals surface area contributed by atoms with E-state index in [1.165, 1.54) is 0 Å². The molecule has 0 radical (unpaired) electrons. The fourth-order valence-electron chi connectivity index (χ4n) is 1.79. The molecule has 0 unspecified atom stereocenters. The molecule has 0 aliphatic heterocycles. The van der Waals surface area contributed by atoms with Gasteiger partial charge in [0.05, 0.1) is 0 Å². The summed E-state index contributed by atoms with van der Waals surface area (Å²) in [4.78, 5) is 0. The number of phenols is 2. The Morgan fingerprint density at radius 3 is 1.43 bits per heavy atom. The van der Waals surface area contributed by atoms with Crippen molar-refractivity contribution in [3.8, 4) is 11.5 Å². The third-order valence-corrected chi connectivity index (χ3v) is 2.45. The lowest BCUT2D eigenvalue weighted by atomic mass is 10.0. The second-order valence-corrected chi connectivity index (χ2v) is 3.62. The van der Waals surface area contributed by atoms with E-state index in [0.717, 1.165) is 21.9 Å². The number of aryl methyl sites for hydroxylation is 2. The van der Waals surface area contributed by atoms with Crippen molar-refractivity contribution in [3.63, 3.8) is 0 Å². The monoisotopic (exact) mass is 188 g/mol. The minimum atomic E-state index is 0.267. The van der Waals surface area contributed by atoms with Crippen molar-refractivity contribution >= 4 is 10.8 Å². The van der Waals surface area contributed by atoms with Gasteiger partial charge in [0.1, 0.15) is 11.5 Å². The van der Waals surface area contributed by atoms with E-state index in [9.17, 15) is 10.2 Å². The highest BCUT2D eigenvalue weighted by molar-refractivity contribution is 5.90. The summed E-state index contributed by atoms with van der Waals surface area (Å²) < 4.78 is 0. The highest BCUT2D eigenvalue weighted by Gasteiger charge is 2.04. The van der Waals surface area contributed by atoms with Crippen LogP contribution in [0.25, 0.3) is 10.8 Å². The normalized spacial score (nSPS) is 10.7. The zero-order chi connectivity index (χ0) is 10.3. The SMILES string of the molecule is Cc1cc(O)cc2c(C)cc(O)cc12. The van der Waals surface area contributed by atoms with E-state index in [4.69, 9.17) is 0 Å². The number of aromatic hydroxyl groups is 2. The molecule has 2 aromatic carbocycles. The Morgan fingerprint density at radius 2 is 1.07 bits per heavy atom. The quantitative estimate of drug-likeness (QED) is 0.667. The van der Waals surface area contributed by atoms with Crippen molar-refractivity contribution in [3.05, 3.63) is 35.4 Å². The lowest BCUT2D eigenvalue weighted by Gasteiger charge is -2.07. The predicted octanol–water partition coefficient (Wildman–Crippen LogP) is 2.87. The summed E-state index contributed by atoms with van der Waals surface area (Å²) in [7, 11) is 0. The summed E-state index contributed by atoms with van der Waals surface area (Å²) >= 11 is 0. The van der Waals surface area contributed by atoms with Crippen LogP contribution in [0, 0.1) is 13.8 Å². The number of hydrogen-bond donors (Lipinski definition) is 2. The molecule has 0 saturated carbocycles. The Kier molecular flexibility index (Phi) is 1.84. The molecule has 0 aliphatic carbocycles. The van der Waals surface area contributed by atoms with Crippen molar-refractivity contribution in [1.82, 2.24) is 0 Å². The van der Waals surface area contributed by atoms with Gasteiger partial charge in [0.25, 0.3) is 0 Å². The molecule has 2 heteroatoms. The van der Waals surface area contributed by atoms with Crippen LogP contribution in [0.3, 0.4) is 0 Å². The molecule has 0 spiro atoms. The first-order valence-electron chi connectivity index (χ1n) is 4.51. The molecule has 2 nitrogen and oxygen atoms in total. The van der Waals surface area contributed by atoms with Crippen molar-refractivity contribution in [2.24, 2.45) is 0 Å². The Bertz CT molecular complexity index is 454. The first-order valence-corrected chi connectivity index (χ1v) is 4.51. The smallest absolute Gasteiger partial charge is 0.116 e. The average molecular weight is 188 g/mol. The third kappa shape index (κ3) is 1.29. The Labute approximate surface area is 82.4 Å². The summed E-state index contributed by atoms with van der Waals surface area (Å²) in [5.74, 6) is 0.535. The van der Waals surface area contributed by atoms with Crippen molar-refractivity contribution in [2.75, 3.05) is 0 Å². The number of benzene rings is 2. The summed E-state index contributed by atoms with van der Waals surface area (Å²) in [6.45, 7) is 3.84. The molecule has 0 aromatic heterocycles. The maximum atomic E-state index is 9.44. The van der Waals surface area contributed by atoms with E-state index in [2.05, 4.69) is 0 Å². The van der Waals surface area contributed by atoms with E-state index in [0.29, 0.717) is 0 Å². The topological polar surface area (TPSA) is 40.5 Å². The Morgan fingerprint density at radius 1 is 0.714 bits per heavy atom. The van der Waals surface area contributed by atoms with Crippen molar-refractivity contribution < 1.29 is 10.2 Å². The highest BCUT2D eigenvalue weighted by atomic mass is 16.3. The molecule has 2 rings (SSSR count). The summed E-state index contributed by atoms with van der Waals surface area (Å²) in [5, 5.41) is 20.9. The van der Waals surface area contributed by atoms with Gasteiger partial charge in [0.15, 0.2) is 0 Å². The number of rotatable bonds is 0. The molecule has 0 atom stereocenters. The van der Waals surface area contributed by atoms with Crippen LogP contribution < -0.4 is 0 Å². The van der Waals surface area contributed by atoms with Gasteiger partial charge in [-0.25, -0.2) is 0 Å². The fraction of sp³-hybridized carbons (Fsp3) is 0.167. The fourth-order valence-corrected chi connectivity index (χ4v) is 1.79. The molecule has 0 fully saturated rings. The van der Waals surface area contributed by atoms with Gasteiger partial charge in [-0.1, -0.05) is 0 Å². The summed E-state index contributed by atoms with van der Waals surface area (Å²) in [5.41, 5.74) is 1.94. The molecule has 0 heterocycles. The predicted molar refractivity (Wildman–Crippen MR) is 56.8 cm³/mol. The highest BCUT2D eigenvalue weighted by Crippen LogP contribution is 2.29. The first kappa shape index (κ1) is 8.88. The molecule has 2 aromatic rings. The maximum absolute atomic E-state index is 9.44. The minimum Gasteiger partial charge on any atom is -0.508 e. The lowest BCUT2D eigenvalue weighted by molar-refractivity contribution is 0.473. The standard InChI is InChI=1S/C12H12O2/c1-7-3-9(13)6-12-8(2)4-10(14)5-11(7)12/h3-6,13-14H,1-2H3. The summed E-state index contributed by atoms with van der Waals surface area (Å²) in [6.07, 6.45) is 0. The molecule has 0 aliphatic rings. The maximum Gasteiger partial charge on any atom is 0.116 e. The van der Waals surface area contributed by atoms with Gasteiger partial charge in [-0.3, -0.25) is 0 Å². The van der Waals surface area contributed by atoms with Gasteiger partial charge >= 0.3 is 0 Å². The third-order valence-electron chi connectivity index (χ3n) is 2.45. The molecule has 14 heavy (non-hydrogen) atoms. The molecular formula is C12H12O2. The van der Waals surface area contributed by atoms with E-state index in [-0.39, 0.29) is 11.5 Å². The molecule has 72 valence electrons. The molecular weight excluding hydrogens is 176 g/mol. The van der Waals surface area contributed by atoms with Crippen molar-refractivity contribution in [1.29, 1.82) is 0 Å². The van der Waals surface area contributed by atoms with Crippen LogP contribution in [0.4, 0.5) is 0 Å². The van der Waals surface area contributed by atoms with Gasteiger partial charge < -0.3 is 10.2 Å². The van der Waals surface area contributed by atoms with Crippen LogP contribution in [0.5, 0.6) is 11.5 Å². The Hall–Kier alpha value is -1.70. The van der Waals surface area contributed by atoms with E-state index in [1.807, 2.05) is 13.8 Å². The van der Waals surface area contributed by atoms with Crippen LogP contribution in [0.15, 0.2) is 24.3 Å². The lowest BCUT2D eigenvalue weighted by Crippen LogP contribution is -1.82. The first-order chi connectivity index (χ1) is 6.58. The van der Waals surface area contributed by atoms with Crippen LogP contribution in [0.1, 0.15) is 11.1 Å². The van der Waals surface area contributed by atoms with E-state index < -0.39 is 0 Å². The van der Waals surface area contributed by atoms with E-state index in [1.54, 1.807) is 24.3 Å². The second kappa shape index (κ2) is 2.91. The summed E-state index contributed by atoms with van der Waals surface area (Å²) in [6, 6.07) is 6.83. The zero-order valence-corrected chi connectivity index (χ0v) is 8.20. The molecule has 0 amide bonds. The largest absolute Gasteiger partial charge is 0.508 e. The second-order valence-electron chi connectivity index (χ2n) is 3.62.